The normalized spacial score (nSPS) is 15.2. The number of hydrogen-bond acceptors (Lipinski definition) is 7. The largest absolute Gasteiger partial charge is 0.338 e. The predicted molar refractivity (Wildman–Crippen MR) is 101 cm³/mol. The van der Waals surface area contributed by atoms with Crippen LogP contribution in [-0.4, -0.2) is 67.2 Å². The van der Waals surface area contributed by atoms with E-state index in [1.165, 1.54) is 10.7 Å². The van der Waals surface area contributed by atoms with Crippen molar-refractivity contribution in [3.8, 4) is 5.82 Å². The lowest BCUT2D eigenvalue weighted by Crippen LogP contribution is -2.48. The van der Waals surface area contributed by atoms with Gasteiger partial charge < -0.3 is 4.90 Å². The van der Waals surface area contributed by atoms with Gasteiger partial charge in [-0.05, 0) is 24.6 Å². The quantitative estimate of drug-likeness (QED) is 0.644. The van der Waals surface area contributed by atoms with Crippen molar-refractivity contribution in [2.75, 3.05) is 37.6 Å². The molecule has 0 N–H and O–H groups in total. The second-order valence-corrected chi connectivity index (χ2v) is 6.59. The summed E-state index contributed by atoms with van der Waals surface area (Å²) >= 11 is 0. The van der Waals surface area contributed by atoms with Crippen molar-refractivity contribution >= 4 is 5.95 Å². The van der Waals surface area contributed by atoms with Crippen LogP contribution in [-0.2, 0) is 6.54 Å². The molecule has 0 bridgehead atoms. The lowest BCUT2D eigenvalue weighted by atomic mass is 10.3. The Morgan fingerprint density at radius 1 is 1.04 bits per heavy atom. The van der Waals surface area contributed by atoms with Gasteiger partial charge in [0.05, 0.1) is 6.54 Å². The van der Waals surface area contributed by atoms with Crippen molar-refractivity contribution in [2.45, 2.75) is 13.5 Å². The van der Waals surface area contributed by atoms with Crippen LogP contribution in [0.5, 0.6) is 0 Å². The molecule has 0 aliphatic carbocycles. The van der Waals surface area contributed by atoms with Crippen LogP contribution in [0.2, 0.25) is 0 Å². The lowest BCUT2D eigenvalue weighted by Gasteiger charge is -2.34. The number of hydrogen-bond donors (Lipinski definition) is 0. The zero-order valence-electron chi connectivity index (χ0n) is 15.3. The Morgan fingerprint density at radius 3 is 2.52 bits per heavy atom. The topological polar surface area (TPSA) is 85.0 Å². The van der Waals surface area contributed by atoms with E-state index in [1.54, 1.807) is 16.9 Å². The Kier molecular flexibility index (Phi) is 4.93. The van der Waals surface area contributed by atoms with Crippen LogP contribution >= 0.6 is 0 Å². The first kappa shape index (κ1) is 17.3. The van der Waals surface area contributed by atoms with Gasteiger partial charge in [0, 0.05) is 63.6 Å². The molecule has 4 heterocycles. The number of piperazine rings is 1. The number of nitrogens with zero attached hydrogens (tertiary/aromatic N) is 8. The Morgan fingerprint density at radius 2 is 1.81 bits per heavy atom. The Balaban J connectivity index is 1.34. The van der Waals surface area contributed by atoms with Gasteiger partial charge in [-0.1, -0.05) is 0 Å². The minimum atomic E-state index is -0.0994. The number of aryl methyl sites for hydroxylation is 1. The summed E-state index contributed by atoms with van der Waals surface area (Å²) in [5.74, 6) is 1.42. The van der Waals surface area contributed by atoms with Crippen LogP contribution in [0, 0.1) is 6.92 Å². The number of anilines is 1. The van der Waals surface area contributed by atoms with Gasteiger partial charge in [0.15, 0.2) is 5.82 Å². The molecule has 0 unspecified atom stereocenters. The molecule has 0 amide bonds. The lowest BCUT2D eigenvalue weighted by molar-refractivity contribution is 0.241. The van der Waals surface area contributed by atoms with Gasteiger partial charge in [-0.15, -0.1) is 5.10 Å². The highest BCUT2D eigenvalue weighted by molar-refractivity contribution is 5.30. The highest BCUT2D eigenvalue weighted by Crippen LogP contribution is 2.10. The Bertz CT molecular complexity index is 927. The molecule has 0 spiro atoms. The van der Waals surface area contributed by atoms with E-state index in [9.17, 15) is 4.79 Å². The van der Waals surface area contributed by atoms with E-state index in [1.807, 2.05) is 31.6 Å². The van der Waals surface area contributed by atoms with Crippen molar-refractivity contribution in [3.63, 3.8) is 0 Å². The molecular weight excluding hydrogens is 344 g/mol. The minimum absolute atomic E-state index is 0.0994. The van der Waals surface area contributed by atoms with E-state index in [0.717, 1.165) is 44.2 Å². The molecule has 4 rings (SSSR count). The molecule has 0 radical (unpaired) electrons. The summed E-state index contributed by atoms with van der Waals surface area (Å²) in [5.41, 5.74) is 0.963. The maximum Gasteiger partial charge on any atom is 0.266 e. The third kappa shape index (κ3) is 4.03. The maximum absolute atomic E-state index is 12.1. The highest BCUT2D eigenvalue weighted by Gasteiger charge is 2.18. The summed E-state index contributed by atoms with van der Waals surface area (Å²) in [5, 5.41) is 8.58. The van der Waals surface area contributed by atoms with Crippen LogP contribution in [0.15, 0.2) is 47.8 Å². The molecule has 140 valence electrons. The zero-order chi connectivity index (χ0) is 18.6. The van der Waals surface area contributed by atoms with Crippen molar-refractivity contribution in [2.24, 2.45) is 0 Å². The van der Waals surface area contributed by atoms with Gasteiger partial charge in [0.1, 0.15) is 0 Å². The number of rotatable bonds is 5. The first-order valence-electron chi connectivity index (χ1n) is 9.03. The van der Waals surface area contributed by atoms with Crippen LogP contribution in [0.3, 0.4) is 0 Å². The molecule has 3 aromatic heterocycles. The standard InChI is InChI=1S/C18H22N8O/c1-15-13-19-18(20-14-15)24-10-7-23(8-11-24)9-12-26-17(27)4-3-16(22-26)25-6-2-5-21-25/h2-6,13-14H,7-12H2,1H3. The smallest absolute Gasteiger partial charge is 0.266 e. The van der Waals surface area contributed by atoms with E-state index in [4.69, 9.17) is 0 Å². The highest BCUT2D eigenvalue weighted by atomic mass is 16.1. The zero-order valence-corrected chi connectivity index (χ0v) is 15.3. The third-order valence-electron chi connectivity index (χ3n) is 4.64. The van der Waals surface area contributed by atoms with Gasteiger partial charge in [0.2, 0.25) is 5.95 Å². The van der Waals surface area contributed by atoms with Crippen molar-refractivity contribution in [3.05, 3.63) is 58.9 Å². The third-order valence-corrected chi connectivity index (χ3v) is 4.64. The summed E-state index contributed by atoms with van der Waals surface area (Å²) in [6.07, 6.45) is 7.19. The SMILES string of the molecule is Cc1cnc(N2CCN(CCn3nc(-n4cccn4)ccc3=O)CC2)nc1. The average molecular weight is 366 g/mol. The second-order valence-electron chi connectivity index (χ2n) is 6.59. The molecule has 1 saturated heterocycles. The summed E-state index contributed by atoms with van der Waals surface area (Å²) in [6.45, 7) is 6.87. The first-order chi connectivity index (χ1) is 13.2. The predicted octanol–water partition coefficient (Wildman–Crippen LogP) is 0.350. The monoisotopic (exact) mass is 366 g/mol. The van der Waals surface area contributed by atoms with Crippen LogP contribution in [0.25, 0.3) is 5.82 Å². The van der Waals surface area contributed by atoms with Crippen molar-refractivity contribution < 1.29 is 0 Å². The van der Waals surface area contributed by atoms with Gasteiger partial charge >= 0.3 is 0 Å². The molecule has 9 heteroatoms. The second kappa shape index (κ2) is 7.67. The van der Waals surface area contributed by atoms with E-state index >= 15 is 0 Å². The molecule has 1 fully saturated rings. The molecule has 0 saturated carbocycles. The Hall–Kier alpha value is -3.07. The molecule has 1 aliphatic rings. The molecule has 0 aromatic carbocycles. The van der Waals surface area contributed by atoms with Crippen LogP contribution < -0.4 is 10.5 Å². The molecule has 3 aromatic rings. The van der Waals surface area contributed by atoms with Gasteiger partial charge in [0.25, 0.3) is 5.56 Å². The van der Waals surface area contributed by atoms with Crippen molar-refractivity contribution in [1.82, 2.24) is 34.4 Å². The summed E-state index contributed by atoms with van der Waals surface area (Å²) < 4.78 is 3.16. The fourth-order valence-electron chi connectivity index (χ4n) is 3.08. The van der Waals surface area contributed by atoms with Gasteiger partial charge in [-0.2, -0.15) is 5.10 Å². The summed E-state index contributed by atoms with van der Waals surface area (Å²) in [7, 11) is 0. The van der Waals surface area contributed by atoms with E-state index < -0.39 is 0 Å². The van der Waals surface area contributed by atoms with Gasteiger partial charge in [-0.25, -0.2) is 19.3 Å². The van der Waals surface area contributed by atoms with Crippen LogP contribution in [0.4, 0.5) is 5.95 Å². The van der Waals surface area contributed by atoms with Gasteiger partial charge in [-0.3, -0.25) is 9.69 Å². The molecule has 27 heavy (non-hydrogen) atoms. The molecule has 0 atom stereocenters. The molecule has 1 aliphatic heterocycles. The fourth-order valence-corrected chi connectivity index (χ4v) is 3.08. The average Bonchev–Trinajstić information content (AvgIpc) is 3.23. The Labute approximate surface area is 156 Å². The maximum atomic E-state index is 12.1. The summed E-state index contributed by atoms with van der Waals surface area (Å²) in [4.78, 5) is 25.4. The van der Waals surface area contributed by atoms with E-state index in [2.05, 4.69) is 30.0 Å². The minimum Gasteiger partial charge on any atom is -0.338 e. The van der Waals surface area contributed by atoms with E-state index in [0.29, 0.717) is 12.4 Å². The van der Waals surface area contributed by atoms with Crippen LogP contribution in [0.1, 0.15) is 5.56 Å². The van der Waals surface area contributed by atoms with Crippen molar-refractivity contribution in [1.29, 1.82) is 0 Å². The number of aromatic nitrogens is 6. The fraction of sp³-hybridized carbons (Fsp3) is 0.389. The first-order valence-corrected chi connectivity index (χ1v) is 9.03. The van der Waals surface area contributed by atoms with E-state index in [-0.39, 0.29) is 5.56 Å². The molecule has 9 nitrogen and oxygen atoms in total. The summed E-state index contributed by atoms with van der Waals surface area (Å²) in [6, 6.07) is 5.05. The molecular formula is C18H22N8O.